The third-order valence-corrected chi connectivity index (χ3v) is 3.63. The molecule has 0 bridgehead atoms. The molecule has 1 aliphatic carbocycles. The van der Waals surface area contributed by atoms with Gasteiger partial charge in [-0.05, 0) is 42.0 Å². The van der Waals surface area contributed by atoms with Gasteiger partial charge in [0.25, 0.3) is 0 Å². The van der Waals surface area contributed by atoms with Gasteiger partial charge in [0.1, 0.15) is 12.0 Å². The Kier molecular flexibility index (Phi) is 2.75. The molecular formula is C14H18O2. The number of benzene rings is 1. The van der Waals surface area contributed by atoms with Gasteiger partial charge in [-0.25, -0.2) is 0 Å². The highest BCUT2D eigenvalue weighted by Gasteiger charge is 2.35. The molecule has 2 nitrogen and oxygen atoms in total. The normalized spacial score (nSPS) is 19.3. The van der Waals surface area contributed by atoms with Crippen molar-refractivity contribution in [2.45, 2.75) is 32.6 Å². The number of rotatable bonds is 3. The SMILES string of the molecule is COc1ccc2c(c1)C(C(C)(C)C=O)CC2. The molecule has 1 aromatic carbocycles. The fourth-order valence-corrected chi connectivity index (χ4v) is 2.56. The van der Waals surface area contributed by atoms with Crippen LogP contribution >= 0.6 is 0 Å². The fraction of sp³-hybridized carbons (Fsp3) is 0.500. The third kappa shape index (κ3) is 1.73. The first kappa shape index (κ1) is 11.2. The second kappa shape index (κ2) is 3.93. The number of carbonyl (C=O) groups excluding carboxylic acids is 1. The molecule has 1 aromatic rings. The Bertz CT molecular complexity index is 407. The minimum absolute atomic E-state index is 0.280. The topological polar surface area (TPSA) is 26.3 Å². The number of aryl methyl sites for hydroxylation is 1. The average molecular weight is 218 g/mol. The molecule has 1 atom stereocenters. The van der Waals surface area contributed by atoms with Crippen LogP contribution in [-0.2, 0) is 11.2 Å². The van der Waals surface area contributed by atoms with E-state index in [0.29, 0.717) is 5.92 Å². The number of aldehydes is 1. The van der Waals surface area contributed by atoms with Crippen molar-refractivity contribution in [3.05, 3.63) is 29.3 Å². The van der Waals surface area contributed by atoms with Crippen LogP contribution in [0.25, 0.3) is 0 Å². The molecular weight excluding hydrogens is 200 g/mol. The lowest BCUT2D eigenvalue weighted by Gasteiger charge is -2.26. The molecule has 0 amide bonds. The van der Waals surface area contributed by atoms with Crippen molar-refractivity contribution in [2.24, 2.45) is 5.41 Å². The van der Waals surface area contributed by atoms with Gasteiger partial charge in [0.05, 0.1) is 7.11 Å². The maximum atomic E-state index is 11.1. The van der Waals surface area contributed by atoms with Crippen LogP contribution in [0.1, 0.15) is 37.3 Å². The Balaban J connectivity index is 2.41. The zero-order valence-electron chi connectivity index (χ0n) is 10.1. The number of hydrogen-bond donors (Lipinski definition) is 0. The predicted molar refractivity (Wildman–Crippen MR) is 63.9 cm³/mol. The maximum Gasteiger partial charge on any atom is 0.126 e. The van der Waals surface area contributed by atoms with Crippen molar-refractivity contribution in [2.75, 3.05) is 7.11 Å². The summed E-state index contributed by atoms with van der Waals surface area (Å²) >= 11 is 0. The molecule has 1 aliphatic rings. The van der Waals surface area contributed by atoms with Gasteiger partial charge < -0.3 is 9.53 Å². The molecule has 0 spiro atoms. The van der Waals surface area contributed by atoms with Gasteiger partial charge in [-0.15, -0.1) is 0 Å². The Morgan fingerprint density at radius 1 is 1.44 bits per heavy atom. The van der Waals surface area contributed by atoms with Crippen LogP contribution in [0.2, 0.25) is 0 Å². The van der Waals surface area contributed by atoms with Crippen molar-refractivity contribution >= 4 is 6.29 Å². The van der Waals surface area contributed by atoms with E-state index in [4.69, 9.17) is 4.74 Å². The summed E-state index contributed by atoms with van der Waals surface area (Å²) in [5, 5.41) is 0. The van der Waals surface area contributed by atoms with Gasteiger partial charge in [0, 0.05) is 5.41 Å². The molecule has 86 valence electrons. The summed E-state index contributed by atoms with van der Waals surface area (Å²) in [4.78, 5) is 11.1. The quantitative estimate of drug-likeness (QED) is 0.729. The van der Waals surface area contributed by atoms with Crippen LogP contribution in [0.5, 0.6) is 5.75 Å². The van der Waals surface area contributed by atoms with Crippen molar-refractivity contribution in [3.8, 4) is 5.75 Å². The Labute approximate surface area is 96.6 Å². The standard InChI is InChI=1S/C14H18O2/c1-14(2,9-15)13-7-5-10-4-6-11(16-3)8-12(10)13/h4,6,8-9,13H,5,7H2,1-3H3. The van der Waals surface area contributed by atoms with E-state index in [2.05, 4.69) is 12.1 Å². The van der Waals surface area contributed by atoms with E-state index in [9.17, 15) is 4.79 Å². The van der Waals surface area contributed by atoms with Gasteiger partial charge in [-0.3, -0.25) is 0 Å². The molecule has 2 rings (SSSR count). The highest BCUT2D eigenvalue weighted by molar-refractivity contribution is 5.62. The van der Waals surface area contributed by atoms with Gasteiger partial charge in [0.15, 0.2) is 0 Å². The third-order valence-electron chi connectivity index (χ3n) is 3.63. The molecule has 0 saturated heterocycles. The molecule has 0 heterocycles. The van der Waals surface area contributed by atoms with E-state index in [1.807, 2.05) is 19.9 Å². The molecule has 0 N–H and O–H groups in total. The first-order chi connectivity index (χ1) is 7.58. The number of methoxy groups -OCH3 is 1. The summed E-state index contributed by atoms with van der Waals surface area (Å²) in [7, 11) is 1.68. The number of hydrogen-bond acceptors (Lipinski definition) is 2. The zero-order valence-corrected chi connectivity index (χ0v) is 10.1. The number of fused-ring (bicyclic) bond motifs is 1. The van der Waals surface area contributed by atoms with Crippen LogP contribution in [0.15, 0.2) is 18.2 Å². The van der Waals surface area contributed by atoms with Crippen LogP contribution in [-0.4, -0.2) is 13.4 Å². The summed E-state index contributed by atoms with van der Waals surface area (Å²) in [6.45, 7) is 4.03. The molecule has 1 unspecified atom stereocenters. The lowest BCUT2D eigenvalue weighted by molar-refractivity contribution is -0.115. The summed E-state index contributed by atoms with van der Waals surface area (Å²) in [5.74, 6) is 1.21. The van der Waals surface area contributed by atoms with Crippen molar-refractivity contribution in [1.29, 1.82) is 0 Å². The second-order valence-electron chi connectivity index (χ2n) is 5.10. The van der Waals surface area contributed by atoms with E-state index < -0.39 is 0 Å². The van der Waals surface area contributed by atoms with Gasteiger partial charge in [0.2, 0.25) is 0 Å². The van der Waals surface area contributed by atoms with Gasteiger partial charge in [-0.2, -0.15) is 0 Å². The van der Waals surface area contributed by atoms with E-state index in [0.717, 1.165) is 24.9 Å². The van der Waals surface area contributed by atoms with E-state index in [-0.39, 0.29) is 5.41 Å². The summed E-state index contributed by atoms with van der Waals surface area (Å²) < 4.78 is 5.25. The minimum atomic E-state index is -0.280. The molecule has 0 aliphatic heterocycles. The van der Waals surface area contributed by atoms with E-state index in [1.165, 1.54) is 11.1 Å². The van der Waals surface area contributed by atoms with Crippen LogP contribution in [0, 0.1) is 5.41 Å². The minimum Gasteiger partial charge on any atom is -0.497 e. The van der Waals surface area contributed by atoms with Gasteiger partial charge in [-0.1, -0.05) is 19.9 Å². The Morgan fingerprint density at radius 3 is 2.81 bits per heavy atom. The van der Waals surface area contributed by atoms with Crippen LogP contribution in [0.4, 0.5) is 0 Å². The zero-order chi connectivity index (χ0) is 11.8. The van der Waals surface area contributed by atoms with E-state index in [1.54, 1.807) is 7.11 Å². The number of ether oxygens (including phenoxy) is 1. The van der Waals surface area contributed by atoms with Crippen molar-refractivity contribution in [1.82, 2.24) is 0 Å². The lowest BCUT2D eigenvalue weighted by atomic mass is 9.77. The second-order valence-corrected chi connectivity index (χ2v) is 5.10. The predicted octanol–water partition coefficient (Wildman–Crippen LogP) is 2.95. The smallest absolute Gasteiger partial charge is 0.126 e. The first-order valence-corrected chi connectivity index (χ1v) is 5.71. The van der Waals surface area contributed by atoms with Crippen molar-refractivity contribution < 1.29 is 9.53 Å². The molecule has 0 radical (unpaired) electrons. The summed E-state index contributed by atoms with van der Waals surface area (Å²) in [5.41, 5.74) is 2.37. The first-order valence-electron chi connectivity index (χ1n) is 5.71. The fourth-order valence-electron chi connectivity index (χ4n) is 2.56. The van der Waals surface area contributed by atoms with E-state index >= 15 is 0 Å². The monoisotopic (exact) mass is 218 g/mol. The summed E-state index contributed by atoms with van der Waals surface area (Å²) in [6.07, 6.45) is 3.21. The summed E-state index contributed by atoms with van der Waals surface area (Å²) in [6, 6.07) is 6.20. The highest BCUT2D eigenvalue weighted by atomic mass is 16.5. The van der Waals surface area contributed by atoms with Crippen molar-refractivity contribution in [3.63, 3.8) is 0 Å². The van der Waals surface area contributed by atoms with Crippen LogP contribution < -0.4 is 4.74 Å². The van der Waals surface area contributed by atoms with Crippen LogP contribution in [0.3, 0.4) is 0 Å². The molecule has 0 fully saturated rings. The Hall–Kier alpha value is -1.31. The molecule has 0 aromatic heterocycles. The molecule has 0 saturated carbocycles. The Morgan fingerprint density at radius 2 is 2.19 bits per heavy atom. The molecule has 16 heavy (non-hydrogen) atoms. The molecule has 2 heteroatoms. The van der Waals surface area contributed by atoms with Gasteiger partial charge >= 0.3 is 0 Å². The highest BCUT2D eigenvalue weighted by Crippen LogP contribution is 2.44. The lowest BCUT2D eigenvalue weighted by Crippen LogP contribution is -2.21. The number of carbonyl (C=O) groups is 1. The average Bonchev–Trinajstić information content (AvgIpc) is 2.72. The largest absolute Gasteiger partial charge is 0.497 e. The maximum absolute atomic E-state index is 11.1.